The summed E-state index contributed by atoms with van der Waals surface area (Å²) in [6.45, 7) is 0. The Labute approximate surface area is 139 Å². The Morgan fingerprint density at radius 3 is 2.87 bits per heavy atom. The van der Waals surface area contributed by atoms with Crippen molar-refractivity contribution >= 4 is 29.1 Å². The standard InChI is InChI=1S/C17H16ClN3O2/c1-21-15(22)9-14(16(21)11-4-3-7-19-10-11)17(23)20-13-6-2-5-12(18)8-13/h2-8,10,14,16H,9H2,1H3,(H,20,23)/t14-,16+/m1/s1. The molecule has 6 heteroatoms. The molecule has 23 heavy (non-hydrogen) atoms. The molecule has 1 N–H and O–H groups in total. The van der Waals surface area contributed by atoms with Gasteiger partial charge in [0.2, 0.25) is 11.8 Å². The molecule has 1 aliphatic heterocycles. The van der Waals surface area contributed by atoms with Crippen LogP contribution in [-0.4, -0.2) is 28.7 Å². The number of halogens is 1. The average Bonchev–Trinajstić information content (AvgIpc) is 2.84. The molecule has 0 aliphatic carbocycles. The lowest BCUT2D eigenvalue weighted by Crippen LogP contribution is -2.30. The number of hydrogen-bond acceptors (Lipinski definition) is 3. The Morgan fingerprint density at radius 1 is 1.35 bits per heavy atom. The monoisotopic (exact) mass is 329 g/mol. The number of hydrogen-bond donors (Lipinski definition) is 1. The molecule has 5 nitrogen and oxygen atoms in total. The van der Waals surface area contributed by atoms with E-state index in [1.807, 2.05) is 6.07 Å². The number of carbonyl (C=O) groups excluding carboxylic acids is 2. The number of rotatable bonds is 3. The molecule has 1 aliphatic rings. The summed E-state index contributed by atoms with van der Waals surface area (Å²) in [6, 6.07) is 10.3. The van der Waals surface area contributed by atoms with Crippen LogP contribution in [0.1, 0.15) is 18.0 Å². The number of amides is 2. The molecule has 0 unspecified atom stereocenters. The fourth-order valence-electron chi connectivity index (χ4n) is 2.91. The Bertz CT molecular complexity index is 736. The first-order chi connectivity index (χ1) is 11.1. The largest absolute Gasteiger partial charge is 0.338 e. The zero-order chi connectivity index (χ0) is 16.4. The topological polar surface area (TPSA) is 62.3 Å². The fraction of sp³-hybridized carbons (Fsp3) is 0.235. The molecule has 1 aromatic heterocycles. The molecular formula is C17H16ClN3O2. The molecule has 2 atom stereocenters. The van der Waals surface area contributed by atoms with Gasteiger partial charge < -0.3 is 10.2 Å². The van der Waals surface area contributed by atoms with Crippen molar-refractivity contribution in [3.05, 3.63) is 59.4 Å². The van der Waals surface area contributed by atoms with Crippen LogP contribution >= 0.6 is 11.6 Å². The lowest BCUT2D eigenvalue weighted by molar-refractivity contribution is -0.127. The van der Waals surface area contributed by atoms with Crippen LogP contribution in [-0.2, 0) is 9.59 Å². The number of nitrogens with zero attached hydrogens (tertiary/aromatic N) is 2. The lowest BCUT2D eigenvalue weighted by Gasteiger charge is -2.24. The zero-order valence-electron chi connectivity index (χ0n) is 12.6. The van der Waals surface area contributed by atoms with Crippen molar-refractivity contribution in [2.75, 3.05) is 12.4 Å². The number of carbonyl (C=O) groups is 2. The van der Waals surface area contributed by atoms with Gasteiger partial charge in [0.15, 0.2) is 0 Å². The van der Waals surface area contributed by atoms with E-state index in [0.29, 0.717) is 10.7 Å². The fourth-order valence-corrected chi connectivity index (χ4v) is 3.10. The maximum Gasteiger partial charge on any atom is 0.230 e. The third-order valence-corrected chi connectivity index (χ3v) is 4.28. The van der Waals surface area contributed by atoms with Gasteiger partial charge >= 0.3 is 0 Å². The quantitative estimate of drug-likeness (QED) is 0.941. The highest BCUT2D eigenvalue weighted by molar-refractivity contribution is 6.30. The van der Waals surface area contributed by atoms with Gasteiger partial charge in [0.25, 0.3) is 0 Å². The molecule has 0 saturated carbocycles. The van der Waals surface area contributed by atoms with E-state index in [1.54, 1.807) is 54.7 Å². The van der Waals surface area contributed by atoms with E-state index in [0.717, 1.165) is 5.56 Å². The second-order valence-electron chi connectivity index (χ2n) is 5.55. The van der Waals surface area contributed by atoms with Gasteiger partial charge in [-0.05, 0) is 29.8 Å². The van der Waals surface area contributed by atoms with Crippen LogP contribution in [0.3, 0.4) is 0 Å². The summed E-state index contributed by atoms with van der Waals surface area (Å²) in [6.07, 6.45) is 3.54. The van der Waals surface area contributed by atoms with Gasteiger partial charge in [-0.25, -0.2) is 0 Å². The van der Waals surface area contributed by atoms with Crippen molar-refractivity contribution in [1.29, 1.82) is 0 Å². The van der Waals surface area contributed by atoms with E-state index < -0.39 is 5.92 Å². The van der Waals surface area contributed by atoms with Crippen molar-refractivity contribution in [1.82, 2.24) is 9.88 Å². The Hall–Kier alpha value is -2.40. The van der Waals surface area contributed by atoms with Crippen molar-refractivity contribution in [2.24, 2.45) is 5.92 Å². The number of likely N-dealkylation sites (tertiary alicyclic amines) is 1. The lowest BCUT2D eigenvalue weighted by atomic mass is 9.94. The van der Waals surface area contributed by atoms with Crippen molar-refractivity contribution < 1.29 is 9.59 Å². The summed E-state index contributed by atoms with van der Waals surface area (Å²) in [4.78, 5) is 30.4. The molecular weight excluding hydrogens is 314 g/mol. The molecule has 1 saturated heterocycles. The summed E-state index contributed by atoms with van der Waals surface area (Å²) in [5.41, 5.74) is 1.47. The average molecular weight is 330 g/mol. The van der Waals surface area contributed by atoms with Gasteiger partial charge in [0.05, 0.1) is 12.0 Å². The van der Waals surface area contributed by atoms with Crippen molar-refractivity contribution in [3.63, 3.8) is 0 Å². The minimum atomic E-state index is -0.462. The molecule has 118 valence electrons. The van der Waals surface area contributed by atoms with Crippen molar-refractivity contribution in [3.8, 4) is 0 Å². The van der Waals surface area contributed by atoms with Crippen molar-refractivity contribution in [2.45, 2.75) is 12.5 Å². The maximum absolute atomic E-state index is 12.6. The van der Waals surface area contributed by atoms with Crippen LogP contribution in [0.25, 0.3) is 0 Å². The number of pyridine rings is 1. The second kappa shape index (κ2) is 6.38. The molecule has 2 amide bonds. The van der Waals surface area contributed by atoms with E-state index in [9.17, 15) is 9.59 Å². The summed E-state index contributed by atoms with van der Waals surface area (Å²) in [5, 5.41) is 3.39. The van der Waals surface area contributed by atoms with Gasteiger partial charge in [0, 0.05) is 36.6 Å². The van der Waals surface area contributed by atoms with Crippen LogP contribution < -0.4 is 5.32 Å². The van der Waals surface area contributed by atoms with E-state index in [2.05, 4.69) is 10.3 Å². The third kappa shape index (κ3) is 3.19. The zero-order valence-corrected chi connectivity index (χ0v) is 13.3. The first kappa shape index (κ1) is 15.5. The van der Waals surface area contributed by atoms with Gasteiger partial charge in [-0.1, -0.05) is 23.7 Å². The van der Waals surface area contributed by atoms with Gasteiger partial charge in [-0.15, -0.1) is 0 Å². The molecule has 2 aromatic rings. The van der Waals surface area contributed by atoms with Crippen LogP contribution in [0.2, 0.25) is 5.02 Å². The Kier molecular flexibility index (Phi) is 4.30. The van der Waals surface area contributed by atoms with E-state index in [-0.39, 0.29) is 24.3 Å². The molecule has 2 heterocycles. The summed E-state index contributed by atoms with van der Waals surface area (Å²) >= 11 is 5.94. The highest BCUT2D eigenvalue weighted by atomic mass is 35.5. The number of benzene rings is 1. The van der Waals surface area contributed by atoms with Crippen LogP contribution in [0, 0.1) is 5.92 Å². The van der Waals surface area contributed by atoms with Gasteiger partial charge in [-0.3, -0.25) is 14.6 Å². The van der Waals surface area contributed by atoms with Gasteiger partial charge in [0.1, 0.15) is 0 Å². The number of aromatic nitrogens is 1. The Balaban J connectivity index is 1.84. The second-order valence-corrected chi connectivity index (χ2v) is 5.98. The number of nitrogens with one attached hydrogen (secondary N) is 1. The minimum Gasteiger partial charge on any atom is -0.338 e. The summed E-state index contributed by atoms with van der Waals surface area (Å²) in [5.74, 6) is -0.709. The summed E-state index contributed by atoms with van der Waals surface area (Å²) in [7, 11) is 1.71. The minimum absolute atomic E-state index is 0.0508. The van der Waals surface area contributed by atoms with Crippen LogP contribution in [0.4, 0.5) is 5.69 Å². The molecule has 0 radical (unpaired) electrons. The van der Waals surface area contributed by atoms with E-state index >= 15 is 0 Å². The predicted octanol–water partition coefficient (Wildman–Crippen LogP) is 2.89. The van der Waals surface area contributed by atoms with E-state index in [1.165, 1.54) is 0 Å². The maximum atomic E-state index is 12.6. The first-order valence-corrected chi connectivity index (χ1v) is 7.66. The third-order valence-electron chi connectivity index (χ3n) is 4.04. The number of anilines is 1. The smallest absolute Gasteiger partial charge is 0.230 e. The summed E-state index contributed by atoms with van der Waals surface area (Å²) < 4.78 is 0. The Morgan fingerprint density at radius 2 is 2.17 bits per heavy atom. The first-order valence-electron chi connectivity index (χ1n) is 7.28. The normalized spacial score (nSPS) is 20.6. The molecule has 3 rings (SSSR count). The molecule has 1 aromatic carbocycles. The van der Waals surface area contributed by atoms with E-state index in [4.69, 9.17) is 11.6 Å². The highest BCUT2D eigenvalue weighted by Gasteiger charge is 2.42. The highest BCUT2D eigenvalue weighted by Crippen LogP contribution is 2.37. The van der Waals surface area contributed by atoms with Crippen LogP contribution in [0.15, 0.2) is 48.8 Å². The molecule has 0 bridgehead atoms. The van der Waals surface area contributed by atoms with Gasteiger partial charge in [-0.2, -0.15) is 0 Å². The SMILES string of the molecule is CN1C(=O)C[C@@H](C(=O)Nc2cccc(Cl)c2)[C@@H]1c1cccnc1. The van der Waals surface area contributed by atoms with Crippen LogP contribution in [0.5, 0.6) is 0 Å². The molecule has 0 spiro atoms. The molecule has 1 fully saturated rings. The predicted molar refractivity (Wildman–Crippen MR) is 87.9 cm³/mol.